The fourth-order valence-corrected chi connectivity index (χ4v) is 2.50. The number of hydrogen-bond donors (Lipinski definition) is 0. The van der Waals surface area contributed by atoms with Gasteiger partial charge < -0.3 is 4.90 Å². The van der Waals surface area contributed by atoms with E-state index in [1.54, 1.807) is 4.90 Å². The number of carbonyl (C=O) groups excluding carboxylic acids is 1. The summed E-state index contributed by atoms with van der Waals surface area (Å²) < 4.78 is 13.7. The third-order valence-electron chi connectivity index (χ3n) is 3.51. The van der Waals surface area contributed by atoms with E-state index in [0.29, 0.717) is 26.2 Å². The lowest BCUT2D eigenvalue weighted by Gasteiger charge is -2.36. The summed E-state index contributed by atoms with van der Waals surface area (Å²) in [6, 6.07) is 6.20. The lowest BCUT2D eigenvalue weighted by molar-refractivity contribution is 0.0611. The third-order valence-corrected chi connectivity index (χ3v) is 3.83. The molecule has 0 spiro atoms. The van der Waals surface area contributed by atoms with Crippen molar-refractivity contribution in [2.24, 2.45) is 0 Å². The maximum atomic E-state index is 13.7. The standard InChI is InChI=1S/C14H15ClFN3O/c1-10(9-17)18-5-7-19(8-6-18)14(20)13-11(15)3-2-4-12(13)16/h2-4,10H,5-8H2,1H3. The van der Waals surface area contributed by atoms with Gasteiger partial charge in [-0.2, -0.15) is 5.26 Å². The van der Waals surface area contributed by atoms with Gasteiger partial charge in [-0.05, 0) is 19.1 Å². The number of halogens is 2. The van der Waals surface area contributed by atoms with Gasteiger partial charge in [-0.25, -0.2) is 4.39 Å². The van der Waals surface area contributed by atoms with Gasteiger partial charge in [-0.15, -0.1) is 0 Å². The molecule has 0 radical (unpaired) electrons. The molecule has 0 aromatic heterocycles. The van der Waals surface area contributed by atoms with E-state index in [0.717, 1.165) is 0 Å². The van der Waals surface area contributed by atoms with Gasteiger partial charge in [0.1, 0.15) is 5.82 Å². The topological polar surface area (TPSA) is 47.3 Å². The second-order valence-electron chi connectivity index (χ2n) is 4.73. The van der Waals surface area contributed by atoms with E-state index in [4.69, 9.17) is 16.9 Å². The molecule has 0 aliphatic carbocycles. The lowest BCUT2D eigenvalue weighted by atomic mass is 10.1. The van der Waals surface area contributed by atoms with E-state index in [9.17, 15) is 9.18 Å². The van der Waals surface area contributed by atoms with Gasteiger partial charge in [0.25, 0.3) is 5.91 Å². The fourth-order valence-electron chi connectivity index (χ4n) is 2.25. The van der Waals surface area contributed by atoms with Gasteiger partial charge in [0.05, 0.1) is 22.7 Å². The zero-order valence-electron chi connectivity index (χ0n) is 11.1. The normalized spacial score (nSPS) is 17.6. The summed E-state index contributed by atoms with van der Waals surface area (Å²) in [6.07, 6.45) is 0. The Labute approximate surface area is 122 Å². The van der Waals surface area contributed by atoms with Crippen LogP contribution in [0.1, 0.15) is 17.3 Å². The summed E-state index contributed by atoms with van der Waals surface area (Å²) >= 11 is 5.90. The van der Waals surface area contributed by atoms with E-state index in [2.05, 4.69) is 6.07 Å². The van der Waals surface area contributed by atoms with Gasteiger partial charge in [0, 0.05) is 26.2 Å². The molecular formula is C14H15ClFN3O. The number of benzene rings is 1. The largest absolute Gasteiger partial charge is 0.336 e. The van der Waals surface area contributed by atoms with E-state index >= 15 is 0 Å². The summed E-state index contributed by atoms with van der Waals surface area (Å²) in [5, 5.41) is 9.00. The van der Waals surface area contributed by atoms with Crippen LogP contribution in [0.3, 0.4) is 0 Å². The molecule has 1 aliphatic heterocycles. The quantitative estimate of drug-likeness (QED) is 0.840. The van der Waals surface area contributed by atoms with Gasteiger partial charge in [0.15, 0.2) is 0 Å². The van der Waals surface area contributed by atoms with Crippen LogP contribution in [-0.4, -0.2) is 47.9 Å². The highest BCUT2D eigenvalue weighted by Crippen LogP contribution is 2.21. The van der Waals surface area contributed by atoms with Crippen molar-refractivity contribution in [2.45, 2.75) is 13.0 Å². The van der Waals surface area contributed by atoms with Crippen LogP contribution in [0, 0.1) is 17.1 Å². The van der Waals surface area contributed by atoms with Crippen LogP contribution in [-0.2, 0) is 0 Å². The van der Waals surface area contributed by atoms with Crippen molar-refractivity contribution < 1.29 is 9.18 Å². The van der Waals surface area contributed by atoms with Crippen LogP contribution >= 0.6 is 11.6 Å². The summed E-state index contributed by atoms with van der Waals surface area (Å²) in [5.41, 5.74) is -0.0732. The molecule has 1 fully saturated rings. The van der Waals surface area contributed by atoms with Crippen LogP contribution in [0.25, 0.3) is 0 Å². The van der Waals surface area contributed by atoms with Crippen molar-refractivity contribution in [3.8, 4) is 6.07 Å². The maximum absolute atomic E-state index is 13.7. The molecule has 20 heavy (non-hydrogen) atoms. The summed E-state index contributed by atoms with van der Waals surface area (Å²) in [5.74, 6) is -0.993. The predicted octanol–water partition coefficient (Wildman–Crippen LogP) is 2.15. The molecule has 1 heterocycles. The first kappa shape index (κ1) is 14.8. The minimum absolute atomic E-state index is 0.0732. The van der Waals surface area contributed by atoms with Crippen molar-refractivity contribution in [3.05, 3.63) is 34.6 Å². The molecule has 4 nitrogen and oxygen atoms in total. The molecule has 0 bridgehead atoms. The average molecular weight is 296 g/mol. The number of nitrogens with zero attached hydrogens (tertiary/aromatic N) is 3. The van der Waals surface area contributed by atoms with Crippen LogP contribution in [0.4, 0.5) is 4.39 Å². The number of piperazine rings is 1. The second kappa shape index (κ2) is 6.21. The van der Waals surface area contributed by atoms with Crippen molar-refractivity contribution in [1.82, 2.24) is 9.80 Å². The Kier molecular flexibility index (Phi) is 4.58. The summed E-state index contributed by atoms with van der Waals surface area (Å²) in [4.78, 5) is 15.9. The summed E-state index contributed by atoms with van der Waals surface area (Å²) in [6.45, 7) is 3.97. The minimum atomic E-state index is -0.602. The molecule has 1 aromatic carbocycles. The molecule has 1 saturated heterocycles. The average Bonchev–Trinajstić information content (AvgIpc) is 2.46. The van der Waals surface area contributed by atoms with Gasteiger partial charge in [-0.3, -0.25) is 9.69 Å². The summed E-state index contributed by atoms with van der Waals surface area (Å²) in [7, 11) is 0. The Hall–Kier alpha value is -1.64. The Morgan fingerprint density at radius 1 is 1.40 bits per heavy atom. The molecule has 1 amide bonds. The third kappa shape index (κ3) is 2.92. The highest BCUT2D eigenvalue weighted by atomic mass is 35.5. The van der Waals surface area contributed by atoms with E-state index in [-0.39, 0.29) is 16.6 Å². The van der Waals surface area contributed by atoms with Crippen LogP contribution in [0.2, 0.25) is 5.02 Å². The maximum Gasteiger partial charge on any atom is 0.258 e. The molecule has 106 valence electrons. The monoisotopic (exact) mass is 295 g/mol. The molecule has 0 saturated carbocycles. The van der Waals surface area contributed by atoms with Crippen molar-refractivity contribution in [3.63, 3.8) is 0 Å². The van der Waals surface area contributed by atoms with Gasteiger partial charge in [0.2, 0.25) is 0 Å². The Balaban J connectivity index is 2.08. The van der Waals surface area contributed by atoms with E-state index in [1.807, 2.05) is 11.8 Å². The molecule has 1 atom stereocenters. The molecule has 1 unspecified atom stereocenters. The van der Waals surface area contributed by atoms with Gasteiger partial charge >= 0.3 is 0 Å². The lowest BCUT2D eigenvalue weighted by Crippen LogP contribution is -2.51. The zero-order chi connectivity index (χ0) is 14.7. The highest BCUT2D eigenvalue weighted by Gasteiger charge is 2.27. The predicted molar refractivity (Wildman–Crippen MR) is 74.0 cm³/mol. The first-order valence-electron chi connectivity index (χ1n) is 6.41. The van der Waals surface area contributed by atoms with Crippen molar-refractivity contribution >= 4 is 17.5 Å². The fraction of sp³-hybridized carbons (Fsp3) is 0.429. The molecular weight excluding hydrogens is 281 g/mol. The molecule has 1 aromatic rings. The minimum Gasteiger partial charge on any atom is -0.336 e. The molecule has 2 rings (SSSR count). The van der Waals surface area contributed by atoms with Crippen molar-refractivity contribution in [2.75, 3.05) is 26.2 Å². The van der Waals surface area contributed by atoms with Crippen molar-refractivity contribution in [1.29, 1.82) is 5.26 Å². The first-order valence-corrected chi connectivity index (χ1v) is 6.79. The smallest absolute Gasteiger partial charge is 0.258 e. The van der Waals surface area contributed by atoms with Crippen LogP contribution in [0.5, 0.6) is 0 Å². The Bertz CT molecular complexity index is 530. The molecule has 6 heteroatoms. The number of nitriles is 1. The van der Waals surface area contributed by atoms with Gasteiger partial charge in [-0.1, -0.05) is 17.7 Å². The number of carbonyl (C=O) groups is 1. The molecule has 1 aliphatic rings. The first-order chi connectivity index (χ1) is 9.54. The highest BCUT2D eigenvalue weighted by molar-refractivity contribution is 6.33. The Morgan fingerprint density at radius 2 is 2.05 bits per heavy atom. The second-order valence-corrected chi connectivity index (χ2v) is 5.14. The number of rotatable bonds is 2. The zero-order valence-corrected chi connectivity index (χ0v) is 11.9. The molecule has 0 N–H and O–H groups in total. The number of hydrogen-bond acceptors (Lipinski definition) is 3. The van der Waals surface area contributed by atoms with Crippen LogP contribution in [0.15, 0.2) is 18.2 Å². The number of amides is 1. The van der Waals surface area contributed by atoms with E-state index in [1.165, 1.54) is 18.2 Å². The van der Waals surface area contributed by atoms with Crippen LogP contribution < -0.4 is 0 Å². The van der Waals surface area contributed by atoms with E-state index < -0.39 is 11.7 Å². The Morgan fingerprint density at radius 3 is 2.60 bits per heavy atom. The SMILES string of the molecule is CC(C#N)N1CCN(C(=O)c2c(F)cccc2Cl)CC1.